The van der Waals surface area contributed by atoms with E-state index in [1.54, 1.807) is 18.2 Å². The minimum absolute atomic E-state index is 0.0614. The lowest BCUT2D eigenvalue weighted by Gasteiger charge is -2.35. The maximum absolute atomic E-state index is 11.8. The number of hydrogen-bond donors (Lipinski definition) is 2. The van der Waals surface area contributed by atoms with Gasteiger partial charge in [0.15, 0.2) is 5.78 Å². The topological polar surface area (TPSA) is 70.4 Å². The first-order valence-electron chi connectivity index (χ1n) is 5.57. The Morgan fingerprint density at radius 3 is 2.94 bits per heavy atom. The van der Waals surface area contributed by atoms with E-state index in [1.165, 1.54) is 0 Å². The smallest absolute Gasteiger partial charge is 0.164 e. The van der Waals surface area contributed by atoms with Crippen molar-refractivity contribution in [3.8, 4) is 0 Å². The number of hydrogen-bond acceptors (Lipinski definition) is 4. The molecule has 2 N–H and O–H groups in total. The molecule has 1 aliphatic heterocycles. The molecule has 2 heterocycles. The quantitative estimate of drug-likeness (QED) is 0.743. The summed E-state index contributed by atoms with van der Waals surface area (Å²) in [5.41, 5.74) is 1.97. The molecule has 0 bridgehead atoms. The highest BCUT2D eigenvalue weighted by molar-refractivity contribution is 8.24. The van der Waals surface area contributed by atoms with Crippen molar-refractivity contribution in [1.82, 2.24) is 4.98 Å². The zero-order valence-electron chi connectivity index (χ0n) is 9.22. The molecule has 0 saturated heterocycles. The van der Waals surface area contributed by atoms with Crippen LogP contribution in [0.4, 0.5) is 0 Å². The number of carbonyl (C=O) groups is 1. The predicted octanol–water partition coefficient (Wildman–Crippen LogP) is 2.74. The number of carbonyl (C=O) groups excluding carboxylic acids is 1. The molecular formula is C12H13NO3S. The number of fused-ring (bicyclic) bond motifs is 2. The maximum Gasteiger partial charge on any atom is 0.164 e. The fourth-order valence-corrected chi connectivity index (χ4v) is 3.60. The highest BCUT2D eigenvalue weighted by Gasteiger charge is 2.27. The van der Waals surface area contributed by atoms with E-state index in [9.17, 15) is 13.9 Å². The van der Waals surface area contributed by atoms with E-state index in [2.05, 4.69) is 4.98 Å². The van der Waals surface area contributed by atoms with E-state index in [4.69, 9.17) is 0 Å². The fourth-order valence-electron chi connectivity index (χ4n) is 2.30. The highest BCUT2D eigenvalue weighted by Crippen LogP contribution is 2.52. The van der Waals surface area contributed by atoms with Crippen LogP contribution in [0.5, 0.6) is 0 Å². The molecule has 0 spiro atoms. The van der Waals surface area contributed by atoms with Gasteiger partial charge in [0.05, 0.1) is 22.0 Å². The molecule has 0 atom stereocenters. The van der Waals surface area contributed by atoms with Crippen molar-refractivity contribution in [3.63, 3.8) is 0 Å². The Kier molecular flexibility index (Phi) is 2.36. The van der Waals surface area contributed by atoms with Gasteiger partial charge in [-0.15, -0.1) is 0 Å². The van der Waals surface area contributed by atoms with Gasteiger partial charge in [0.2, 0.25) is 0 Å². The van der Waals surface area contributed by atoms with Gasteiger partial charge in [-0.3, -0.25) is 18.9 Å². The van der Waals surface area contributed by atoms with Gasteiger partial charge in [-0.05, 0) is 25.0 Å². The van der Waals surface area contributed by atoms with Crippen LogP contribution in [-0.4, -0.2) is 25.6 Å². The van der Waals surface area contributed by atoms with Crippen LogP contribution in [-0.2, 0) is 6.42 Å². The van der Waals surface area contributed by atoms with Gasteiger partial charge in [-0.25, -0.2) is 0 Å². The Hall–Kier alpha value is -1.17. The van der Waals surface area contributed by atoms with Crippen molar-refractivity contribution in [2.75, 3.05) is 5.75 Å². The lowest BCUT2D eigenvalue weighted by Crippen LogP contribution is -2.17. The van der Waals surface area contributed by atoms with Crippen LogP contribution in [0, 0.1) is 0 Å². The Bertz CT molecular complexity index is 537. The Morgan fingerprint density at radius 1 is 1.29 bits per heavy atom. The SMILES string of the molecule is O=C1CCCc2nc3c(cc21)S(O)(O)CC=C3. The van der Waals surface area contributed by atoms with Gasteiger partial charge in [0.25, 0.3) is 0 Å². The van der Waals surface area contributed by atoms with Crippen molar-refractivity contribution in [2.45, 2.75) is 24.2 Å². The normalized spacial score (nSPS) is 22.8. The molecule has 0 radical (unpaired) electrons. The summed E-state index contributed by atoms with van der Waals surface area (Å²) < 4.78 is 19.9. The maximum atomic E-state index is 11.8. The van der Waals surface area contributed by atoms with Crippen molar-refractivity contribution < 1.29 is 13.9 Å². The van der Waals surface area contributed by atoms with Crippen LogP contribution < -0.4 is 0 Å². The summed E-state index contributed by atoms with van der Waals surface area (Å²) in [5.74, 6) is 0.278. The molecule has 1 aromatic rings. The van der Waals surface area contributed by atoms with Gasteiger partial charge in [0.1, 0.15) is 0 Å². The fraction of sp³-hybridized carbons (Fsp3) is 0.333. The van der Waals surface area contributed by atoms with Crippen LogP contribution in [0.1, 0.15) is 34.6 Å². The summed E-state index contributed by atoms with van der Waals surface area (Å²) in [4.78, 5) is 16.6. The molecule has 5 heteroatoms. The zero-order valence-corrected chi connectivity index (χ0v) is 10.0. The van der Waals surface area contributed by atoms with E-state index in [1.807, 2.05) is 0 Å². The van der Waals surface area contributed by atoms with Crippen molar-refractivity contribution in [3.05, 3.63) is 29.1 Å². The molecule has 17 heavy (non-hydrogen) atoms. The monoisotopic (exact) mass is 251 g/mol. The van der Waals surface area contributed by atoms with Crippen LogP contribution in [0.25, 0.3) is 6.08 Å². The predicted molar refractivity (Wildman–Crippen MR) is 66.5 cm³/mol. The van der Waals surface area contributed by atoms with Gasteiger partial charge in [-0.2, -0.15) is 10.6 Å². The molecule has 1 aliphatic carbocycles. The third kappa shape index (κ3) is 1.71. The zero-order chi connectivity index (χ0) is 12.0. The summed E-state index contributed by atoms with van der Waals surface area (Å²) in [6, 6.07) is 1.64. The van der Waals surface area contributed by atoms with Crippen LogP contribution >= 0.6 is 10.6 Å². The first kappa shape index (κ1) is 11.0. The number of aryl methyl sites for hydroxylation is 1. The molecular weight excluding hydrogens is 238 g/mol. The van der Waals surface area contributed by atoms with Crippen LogP contribution in [0.2, 0.25) is 0 Å². The second-order valence-electron chi connectivity index (χ2n) is 4.38. The molecule has 90 valence electrons. The standard InChI is InChI=1S/C12H13NO3S/c14-11-5-1-3-9-8(11)7-12-10(13-9)4-2-6-17(12,15)16/h2,4,7,15-16H,1,3,5-6H2. The van der Waals surface area contributed by atoms with Gasteiger partial charge < -0.3 is 0 Å². The molecule has 3 rings (SSSR count). The summed E-state index contributed by atoms with van der Waals surface area (Å²) in [5, 5.41) is 0. The lowest BCUT2D eigenvalue weighted by atomic mass is 9.94. The average molecular weight is 251 g/mol. The number of ketones is 1. The second kappa shape index (κ2) is 3.66. The molecule has 2 aliphatic rings. The van der Waals surface area contributed by atoms with E-state index >= 15 is 0 Å². The van der Waals surface area contributed by atoms with Crippen molar-refractivity contribution >= 4 is 22.4 Å². The summed E-state index contributed by atoms with van der Waals surface area (Å²) in [7, 11) is -2.80. The molecule has 1 aromatic heterocycles. The minimum atomic E-state index is -2.80. The first-order chi connectivity index (χ1) is 8.08. The minimum Gasteiger partial charge on any atom is -0.295 e. The first-order valence-corrected chi connectivity index (χ1v) is 7.29. The number of nitrogens with zero attached hydrogens (tertiary/aromatic N) is 1. The summed E-state index contributed by atoms with van der Waals surface area (Å²) in [6.45, 7) is 0. The third-order valence-electron chi connectivity index (χ3n) is 3.17. The summed E-state index contributed by atoms with van der Waals surface area (Å²) >= 11 is 0. The largest absolute Gasteiger partial charge is 0.295 e. The molecule has 0 aromatic carbocycles. The Balaban J connectivity index is 2.22. The van der Waals surface area contributed by atoms with E-state index in [0.717, 1.165) is 18.5 Å². The highest BCUT2D eigenvalue weighted by atomic mass is 32.3. The Morgan fingerprint density at radius 2 is 2.12 bits per heavy atom. The Labute approximate surface area is 101 Å². The number of aromatic nitrogens is 1. The van der Waals surface area contributed by atoms with Gasteiger partial charge >= 0.3 is 0 Å². The van der Waals surface area contributed by atoms with Gasteiger partial charge in [-0.1, -0.05) is 6.08 Å². The third-order valence-corrected chi connectivity index (χ3v) is 4.86. The van der Waals surface area contributed by atoms with Crippen LogP contribution in [0.15, 0.2) is 17.0 Å². The van der Waals surface area contributed by atoms with Crippen LogP contribution in [0.3, 0.4) is 0 Å². The second-order valence-corrected chi connectivity index (χ2v) is 6.49. The number of pyridine rings is 1. The average Bonchev–Trinajstić information content (AvgIpc) is 2.27. The molecule has 0 amide bonds. The molecule has 0 fully saturated rings. The molecule has 0 saturated carbocycles. The van der Waals surface area contributed by atoms with Crippen molar-refractivity contribution in [2.24, 2.45) is 0 Å². The molecule has 4 nitrogen and oxygen atoms in total. The van der Waals surface area contributed by atoms with E-state index in [0.29, 0.717) is 22.6 Å². The number of Topliss-reactive ketones (excluding diaryl/α,β-unsaturated/α-hetero) is 1. The van der Waals surface area contributed by atoms with Gasteiger partial charge in [0, 0.05) is 12.0 Å². The number of rotatable bonds is 0. The summed E-state index contributed by atoms with van der Waals surface area (Å²) in [6.07, 6.45) is 5.68. The molecule has 0 unspecified atom stereocenters. The van der Waals surface area contributed by atoms with E-state index < -0.39 is 10.6 Å². The van der Waals surface area contributed by atoms with E-state index in [-0.39, 0.29) is 11.5 Å². The lowest BCUT2D eigenvalue weighted by molar-refractivity contribution is 0.0971. The van der Waals surface area contributed by atoms with Crippen molar-refractivity contribution in [1.29, 1.82) is 0 Å².